The molecule has 6 heteroatoms. The molecule has 0 radical (unpaired) electrons. The Morgan fingerprint density at radius 3 is 2.58 bits per heavy atom. The predicted octanol–water partition coefficient (Wildman–Crippen LogP) is 3.56. The minimum atomic E-state index is -1.88. The van der Waals surface area contributed by atoms with Gasteiger partial charge in [0.15, 0.2) is 11.4 Å². The number of Topliss-reactive ketones (excluding diaryl/α,β-unsaturated/α-hetero) is 1. The molecule has 0 aromatic heterocycles. The number of ketones is 1. The number of benzene rings is 2. The van der Waals surface area contributed by atoms with Crippen molar-refractivity contribution in [3.63, 3.8) is 0 Å². The molecule has 1 N–H and O–H groups in total. The Morgan fingerprint density at radius 2 is 1.88 bits per heavy atom. The standard InChI is InChI=1S/C20H17BrN2O3/c21-15-9-7-14(8-10-15)18(24)13-20(26)16-5-1-2-6-17(16)23(19(20)25)12-4-3-11-22/h1-2,5-10,26H,3-4,12-13H2/t20-/m0/s1. The van der Waals surface area contributed by atoms with Gasteiger partial charge in [-0.05, 0) is 24.6 Å². The van der Waals surface area contributed by atoms with Gasteiger partial charge in [0.25, 0.3) is 5.91 Å². The van der Waals surface area contributed by atoms with E-state index >= 15 is 0 Å². The van der Waals surface area contributed by atoms with Crippen LogP contribution in [0.15, 0.2) is 53.0 Å². The lowest BCUT2D eigenvalue weighted by Gasteiger charge is -2.22. The Kier molecular flexibility index (Phi) is 5.21. The number of nitrogens with zero attached hydrogens (tertiary/aromatic N) is 2. The molecule has 1 aliphatic rings. The summed E-state index contributed by atoms with van der Waals surface area (Å²) in [6.07, 6.45) is 0.509. The number of unbranched alkanes of at least 4 members (excludes halogenated alkanes) is 1. The Morgan fingerprint density at radius 1 is 1.19 bits per heavy atom. The number of nitriles is 1. The van der Waals surface area contributed by atoms with Crippen LogP contribution in [0.1, 0.15) is 35.2 Å². The van der Waals surface area contributed by atoms with E-state index in [0.29, 0.717) is 36.2 Å². The highest BCUT2D eigenvalue weighted by Crippen LogP contribution is 2.42. The van der Waals surface area contributed by atoms with Crippen LogP contribution in [0.2, 0.25) is 0 Å². The molecule has 0 saturated heterocycles. The molecule has 1 heterocycles. The highest BCUT2D eigenvalue weighted by Gasteiger charge is 2.50. The number of hydrogen-bond donors (Lipinski definition) is 1. The third-order valence-corrected chi connectivity index (χ3v) is 5.02. The quantitative estimate of drug-likeness (QED) is 0.580. The van der Waals surface area contributed by atoms with Crippen LogP contribution in [-0.2, 0) is 10.4 Å². The summed E-state index contributed by atoms with van der Waals surface area (Å²) >= 11 is 3.32. The van der Waals surface area contributed by atoms with Crippen molar-refractivity contribution in [1.29, 1.82) is 5.26 Å². The largest absolute Gasteiger partial charge is 0.375 e. The molecule has 2 aromatic rings. The first-order chi connectivity index (χ1) is 12.5. The van der Waals surface area contributed by atoms with Gasteiger partial charge in [0.05, 0.1) is 18.2 Å². The molecule has 0 bridgehead atoms. The number of hydrogen-bond acceptors (Lipinski definition) is 4. The van der Waals surface area contributed by atoms with Crippen molar-refractivity contribution in [2.24, 2.45) is 0 Å². The summed E-state index contributed by atoms with van der Waals surface area (Å²) < 4.78 is 0.846. The van der Waals surface area contributed by atoms with Gasteiger partial charge in [0.2, 0.25) is 0 Å². The van der Waals surface area contributed by atoms with Crippen LogP contribution >= 0.6 is 15.9 Å². The van der Waals surface area contributed by atoms with Crippen LogP contribution in [-0.4, -0.2) is 23.3 Å². The molecule has 0 unspecified atom stereocenters. The van der Waals surface area contributed by atoms with Gasteiger partial charge in [-0.2, -0.15) is 5.26 Å². The summed E-state index contributed by atoms with van der Waals surface area (Å²) in [5.41, 5.74) is -0.406. The lowest BCUT2D eigenvalue weighted by Crippen LogP contribution is -2.42. The smallest absolute Gasteiger partial charge is 0.264 e. The predicted molar refractivity (Wildman–Crippen MR) is 101 cm³/mol. The van der Waals surface area contributed by atoms with Crippen LogP contribution in [0.5, 0.6) is 0 Å². The molecule has 1 aliphatic heterocycles. The summed E-state index contributed by atoms with van der Waals surface area (Å²) in [4.78, 5) is 27.1. The molecule has 0 aliphatic carbocycles. The number of para-hydroxylation sites is 1. The second-order valence-electron chi connectivity index (χ2n) is 6.20. The fraction of sp³-hybridized carbons (Fsp3) is 0.250. The van der Waals surface area contributed by atoms with E-state index in [1.807, 2.05) is 0 Å². The zero-order valence-electron chi connectivity index (χ0n) is 14.0. The maximum absolute atomic E-state index is 12.9. The molecular weight excluding hydrogens is 396 g/mol. The molecule has 0 fully saturated rings. The number of carbonyl (C=O) groups excluding carboxylic acids is 2. The number of halogens is 1. The third-order valence-electron chi connectivity index (χ3n) is 4.49. The first-order valence-corrected chi connectivity index (χ1v) is 9.06. The van der Waals surface area contributed by atoms with E-state index in [-0.39, 0.29) is 12.2 Å². The van der Waals surface area contributed by atoms with Crippen LogP contribution in [0.25, 0.3) is 0 Å². The van der Waals surface area contributed by atoms with Gasteiger partial charge in [-0.25, -0.2) is 0 Å². The Bertz CT molecular complexity index is 889. The molecule has 1 atom stereocenters. The van der Waals surface area contributed by atoms with Crippen LogP contribution < -0.4 is 4.90 Å². The van der Waals surface area contributed by atoms with Crippen molar-refractivity contribution >= 4 is 33.3 Å². The van der Waals surface area contributed by atoms with E-state index in [1.54, 1.807) is 48.5 Å². The molecule has 5 nitrogen and oxygen atoms in total. The summed E-state index contributed by atoms with van der Waals surface area (Å²) in [6, 6.07) is 15.8. The normalized spacial score (nSPS) is 18.5. The van der Waals surface area contributed by atoms with E-state index in [0.717, 1.165) is 4.47 Å². The summed E-state index contributed by atoms with van der Waals surface area (Å²) in [5, 5.41) is 19.9. The van der Waals surface area contributed by atoms with Gasteiger partial charge < -0.3 is 10.0 Å². The van der Waals surface area contributed by atoms with Crippen molar-refractivity contribution in [3.8, 4) is 6.07 Å². The van der Waals surface area contributed by atoms with Gasteiger partial charge in [-0.1, -0.05) is 46.3 Å². The number of anilines is 1. The molecule has 0 saturated carbocycles. The molecule has 3 rings (SSSR count). The first-order valence-electron chi connectivity index (χ1n) is 8.27. The topological polar surface area (TPSA) is 81.4 Å². The lowest BCUT2D eigenvalue weighted by molar-refractivity contribution is -0.135. The van der Waals surface area contributed by atoms with Crippen molar-refractivity contribution in [1.82, 2.24) is 0 Å². The van der Waals surface area contributed by atoms with E-state index < -0.39 is 11.5 Å². The second-order valence-corrected chi connectivity index (χ2v) is 7.12. The van der Waals surface area contributed by atoms with Gasteiger partial charge in [-0.3, -0.25) is 9.59 Å². The Balaban J connectivity index is 1.90. The second kappa shape index (κ2) is 7.40. The number of aliphatic hydroxyl groups is 1. The maximum Gasteiger partial charge on any atom is 0.264 e. The van der Waals surface area contributed by atoms with Crippen LogP contribution in [0.3, 0.4) is 0 Å². The maximum atomic E-state index is 12.9. The van der Waals surface area contributed by atoms with E-state index in [4.69, 9.17) is 5.26 Å². The van der Waals surface area contributed by atoms with Crippen molar-refractivity contribution in [2.45, 2.75) is 24.9 Å². The number of fused-ring (bicyclic) bond motifs is 1. The molecule has 132 valence electrons. The van der Waals surface area contributed by atoms with Gasteiger partial charge in [-0.15, -0.1) is 0 Å². The van der Waals surface area contributed by atoms with Crippen molar-refractivity contribution in [2.75, 3.05) is 11.4 Å². The average Bonchev–Trinajstić information content (AvgIpc) is 2.84. The lowest BCUT2D eigenvalue weighted by atomic mass is 9.88. The molecule has 0 spiro atoms. The Labute approximate surface area is 160 Å². The van der Waals surface area contributed by atoms with Gasteiger partial charge >= 0.3 is 0 Å². The summed E-state index contributed by atoms with van der Waals surface area (Å²) in [5.74, 6) is -0.816. The molecule has 1 amide bonds. The number of rotatable bonds is 6. The monoisotopic (exact) mass is 412 g/mol. The average molecular weight is 413 g/mol. The summed E-state index contributed by atoms with van der Waals surface area (Å²) in [7, 11) is 0. The Hall–Kier alpha value is -2.49. The van der Waals surface area contributed by atoms with Crippen LogP contribution in [0, 0.1) is 11.3 Å². The van der Waals surface area contributed by atoms with Crippen molar-refractivity contribution < 1.29 is 14.7 Å². The molecular formula is C20H17BrN2O3. The fourth-order valence-corrected chi connectivity index (χ4v) is 3.45. The van der Waals surface area contributed by atoms with Gasteiger partial charge in [0.1, 0.15) is 0 Å². The number of carbonyl (C=O) groups is 2. The SMILES string of the molecule is N#CCCCN1C(=O)[C@](O)(CC(=O)c2ccc(Br)cc2)c2ccccc21. The molecule has 26 heavy (non-hydrogen) atoms. The van der Waals surface area contributed by atoms with Gasteiger partial charge in [0, 0.05) is 28.6 Å². The van der Waals surface area contributed by atoms with E-state index in [1.165, 1.54) is 4.90 Å². The minimum absolute atomic E-state index is 0.304. The zero-order valence-corrected chi connectivity index (χ0v) is 15.6. The first kappa shape index (κ1) is 18.3. The highest BCUT2D eigenvalue weighted by molar-refractivity contribution is 9.10. The summed E-state index contributed by atoms with van der Waals surface area (Å²) in [6.45, 7) is 0.332. The number of amides is 1. The molecule has 2 aromatic carbocycles. The van der Waals surface area contributed by atoms with E-state index in [2.05, 4.69) is 22.0 Å². The minimum Gasteiger partial charge on any atom is -0.375 e. The van der Waals surface area contributed by atoms with Crippen molar-refractivity contribution in [3.05, 3.63) is 64.1 Å². The van der Waals surface area contributed by atoms with E-state index in [9.17, 15) is 14.7 Å². The zero-order chi connectivity index (χ0) is 18.7. The fourth-order valence-electron chi connectivity index (χ4n) is 3.19. The third kappa shape index (κ3) is 3.28. The van der Waals surface area contributed by atoms with Crippen LogP contribution in [0.4, 0.5) is 5.69 Å². The highest BCUT2D eigenvalue weighted by atomic mass is 79.9.